The molecular formula is C37H40FN3O3S. The molecule has 1 unspecified atom stereocenters. The lowest BCUT2D eigenvalue weighted by Gasteiger charge is -2.36. The van der Waals surface area contributed by atoms with Crippen molar-refractivity contribution in [3.63, 3.8) is 0 Å². The van der Waals surface area contributed by atoms with Gasteiger partial charge in [0.1, 0.15) is 18.2 Å². The summed E-state index contributed by atoms with van der Waals surface area (Å²) in [6, 6.07) is 22.8. The zero-order chi connectivity index (χ0) is 32.2. The number of rotatable bonds is 12. The zero-order valence-corrected chi connectivity index (χ0v) is 27.2. The second-order valence-corrected chi connectivity index (χ2v) is 14.2. The first kappa shape index (κ1) is 32.2. The van der Waals surface area contributed by atoms with E-state index in [0.29, 0.717) is 31.6 Å². The standard InChI is InChI=1S/C37H40FN3O3S/c1-6-37(7-2,35(42)43)30(20-24-11-13-25(14-12-24)31-17-15-26(38)22-40-31)33-34(45-36(3,4)5)29-21-28(16-18-32(29)41-33)44-23-27-10-8-9-19-39-27/h8-19,21-22,30,41H,6-7,20,23H2,1-5H3,(H,42,43). The maximum absolute atomic E-state index is 13.4. The molecule has 5 rings (SSSR count). The summed E-state index contributed by atoms with van der Waals surface area (Å²) in [5.41, 5.74) is 4.29. The second kappa shape index (κ2) is 13.4. The zero-order valence-electron chi connectivity index (χ0n) is 26.4. The molecule has 6 nitrogen and oxygen atoms in total. The highest BCUT2D eigenvalue weighted by Crippen LogP contribution is 2.50. The Kier molecular flexibility index (Phi) is 9.63. The van der Waals surface area contributed by atoms with Crippen LogP contribution in [0.15, 0.2) is 90.1 Å². The van der Waals surface area contributed by atoms with Gasteiger partial charge in [0.05, 0.1) is 23.0 Å². The van der Waals surface area contributed by atoms with Crippen molar-refractivity contribution in [3.8, 4) is 17.0 Å². The molecule has 1 atom stereocenters. The van der Waals surface area contributed by atoms with Gasteiger partial charge in [-0.3, -0.25) is 14.8 Å². The number of benzene rings is 2. The molecule has 0 aliphatic rings. The Morgan fingerprint density at radius 1 is 1.00 bits per heavy atom. The molecule has 0 radical (unpaired) electrons. The first-order valence-electron chi connectivity index (χ1n) is 15.3. The van der Waals surface area contributed by atoms with Gasteiger partial charge in [-0.05, 0) is 67.3 Å². The summed E-state index contributed by atoms with van der Waals surface area (Å²) in [5, 5.41) is 11.8. The Labute approximate surface area is 268 Å². The van der Waals surface area contributed by atoms with Gasteiger partial charge in [-0.1, -0.05) is 65.0 Å². The summed E-state index contributed by atoms with van der Waals surface area (Å²) in [6.45, 7) is 10.8. The average molecular weight is 626 g/mol. The fraction of sp³-hybridized carbons (Fsp3) is 0.324. The lowest BCUT2D eigenvalue weighted by atomic mass is 9.67. The number of carboxylic acid groups (broad SMARTS) is 1. The molecule has 0 bridgehead atoms. The van der Waals surface area contributed by atoms with Crippen LogP contribution in [0.4, 0.5) is 4.39 Å². The largest absolute Gasteiger partial charge is 0.487 e. The van der Waals surface area contributed by atoms with Crippen molar-refractivity contribution in [1.82, 2.24) is 15.0 Å². The number of H-pyrrole nitrogens is 1. The van der Waals surface area contributed by atoms with Crippen LogP contribution in [0.25, 0.3) is 22.2 Å². The van der Waals surface area contributed by atoms with E-state index in [4.69, 9.17) is 4.74 Å². The lowest BCUT2D eigenvalue weighted by molar-refractivity contribution is -0.151. The molecule has 3 heterocycles. The van der Waals surface area contributed by atoms with Crippen LogP contribution in [-0.4, -0.2) is 30.8 Å². The minimum Gasteiger partial charge on any atom is -0.487 e. The number of aromatic amines is 1. The van der Waals surface area contributed by atoms with E-state index in [1.165, 1.54) is 12.3 Å². The van der Waals surface area contributed by atoms with Crippen LogP contribution in [0, 0.1) is 11.2 Å². The number of carbonyl (C=O) groups is 1. The molecule has 2 aromatic carbocycles. The van der Waals surface area contributed by atoms with Gasteiger partial charge in [-0.15, -0.1) is 11.8 Å². The number of aromatic nitrogens is 3. The minimum atomic E-state index is -0.996. The number of thioether (sulfide) groups is 1. The normalized spacial score (nSPS) is 12.8. The molecule has 5 aromatic rings. The van der Waals surface area contributed by atoms with Crippen molar-refractivity contribution in [2.24, 2.45) is 5.41 Å². The highest BCUT2D eigenvalue weighted by atomic mass is 32.2. The molecule has 0 fully saturated rings. The van der Waals surface area contributed by atoms with Crippen LogP contribution >= 0.6 is 11.8 Å². The molecule has 2 N–H and O–H groups in total. The third kappa shape index (κ3) is 7.22. The van der Waals surface area contributed by atoms with E-state index < -0.39 is 11.4 Å². The van der Waals surface area contributed by atoms with Crippen molar-refractivity contribution in [2.45, 2.75) is 76.0 Å². The topological polar surface area (TPSA) is 88.1 Å². The lowest BCUT2D eigenvalue weighted by Crippen LogP contribution is -2.38. The molecule has 0 spiro atoms. The molecule has 0 aliphatic heterocycles. The van der Waals surface area contributed by atoms with Crippen molar-refractivity contribution >= 4 is 28.6 Å². The van der Waals surface area contributed by atoms with Gasteiger partial charge in [0.25, 0.3) is 0 Å². The van der Waals surface area contributed by atoms with Crippen molar-refractivity contribution in [1.29, 1.82) is 0 Å². The third-order valence-corrected chi connectivity index (χ3v) is 9.65. The van der Waals surface area contributed by atoms with E-state index in [0.717, 1.165) is 44.1 Å². The molecule has 0 amide bonds. The molecule has 3 aromatic heterocycles. The van der Waals surface area contributed by atoms with E-state index in [9.17, 15) is 14.3 Å². The van der Waals surface area contributed by atoms with Crippen LogP contribution in [-0.2, 0) is 17.8 Å². The Balaban J connectivity index is 1.59. The second-order valence-electron chi connectivity index (χ2n) is 12.4. The van der Waals surface area contributed by atoms with E-state index in [2.05, 4.69) is 35.7 Å². The van der Waals surface area contributed by atoms with Gasteiger partial charge in [0.15, 0.2) is 0 Å². The number of hydrogen-bond acceptors (Lipinski definition) is 5. The third-order valence-electron chi connectivity index (χ3n) is 8.39. The van der Waals surface area contributed by atoms with Crippen molar-refractivity contribution < 1.29 is 19.0 Å². The number of carboxylic acids is 1. The molecule has 234 valence electrons. The Bertz CT molecular complexity index is 1740. The fourth-order valence-electron chi connectivity index (χ4n) is 5.92. The quantitative estimate of drug-likeness (QED) is 0.134. The van der Waals surface area contributed by atoms with E-state index in [1.807, 2.05) is 74.5 Å². The SMILES string of the molecule is CCC(CC)(C(=O)O)C(Cc1ccc(-c2ccc(F)cn2)cc1)c1[nH]c2ccc(OCc3ccccn3)cc2c1SC(C)(C)C. The van der Waals surface area contributed by atoms with Crippen molar-refractivity contribution in [2.75, 3.05) is 0 Å². The number of ether oxygens (including phenoxy) is 1. The first-order valence-corrected chi connectivity index (χ1v) is 16.2. The van der Waals surface area contributed by atoms with Gasteiger partial charge in [0.2, 0.25) is 0 Å². The summed E-state index contributed by atoms with van der Waals surface area (Å²) < 4.78 is 19.4. The highest BCUT2D eigenvalue weighted by Gasteiger charge is 2.45. The smallest absolute Gasteiger partial charge is 0.310 e. The number of halogens is 1. The predicted molar refractivity (Wildman–Crippen MR) is 179 cm³/mol. The number of nitrogens with zero attached hydrogens (tertiary/aromatic N) is 2. The number of pyridine rings is 2. The van der Waals surface area contributed by atoms with Gasteiger partial charge in [-0.2, -0.15) is 0 Å². The number of fused-ring (bicyclic) bond motifs is 1. The maximum Gasteiger partial charge on any atom is 0.310 e. The molecule has 0 saturated heterocycles. The minimum absolute atomic E-state index is 0.132. The monoisotopic (exact) mass is 625 g/mol. The van der Waals surface area contributed by atoms with Crippen LogP contribution in [0.2, 0.25) is 0 Å². The van der Waals surface area contributed by atoms with Crippen LogP contribution in [0.1, 0.15) is 70.3 Å². The van der Waals surface area contributed by atoms with Gasteiger partial charge in [0, 0.05) is 43.9 Å². The predicted octanol–water partition coefficient (Wildman–Crippen LogP) is 9.45. The van der Waals surface area contributed by atoms with Crippen molar-refractivity contribution in [3.05, 3.63) is 108 Å². The summed E-state index contributed by atoms with van der Waals surface area (Å²) in [6.07, 6.45) is 4.45. The van der Waals surface area contributed by atoms with Crippen LogP contribution in [0.5, 0.6) is 5.75 Å². The number of nitrogens with one attached hydrogen (secondary N) is 1. The molecule has 45 heavy (non-hydrogen) atoms. The van der Waals surface area contributed by atoms with E-state index in [1.54, 1.807) is 24.0 Å². The van der Waals surface area contributed by atoms with E-state index >= 15 is 0 Å². The fourth-order valence-corrected chi connectivity index (χ4v) is 7.12. The maximum atomic E-state index is 13.4. The van der Waals surface area contributed by atoms with Gasteiger partial charge >= 0.3 is 5.97 Å². The molecule has 8 heteroatoms. The Hall–Kier alpha value is -4.17. The molecular weight excluding hydrogens is 585 g/mol. The van der Waals surface area contributed by atoms with Crippen LogP contribution in [0.3, 0.4) is 0 Å². The number of hydrogen-bond donors (Lipinski definition) is 2. The summed E-state index contributed by atoms with van der Waals surface area (Å²) in [5.74, 6) is -0.785. The summed E-state index contributed by atoms with van der Waals surface area (Å²) in [7, 11) is 0. The Morgan fingerprint density at radius 3 is 2.36 bits per heavy atom. The first-order chi connectivity index (χ1) is 21.5. The number of aliphatic carboxylic acids is 1. The Morgan fingerprint density at radius 2 is 1.76 bits per heavy atom. The molecule has 0 saturated carbocycles. The summed E-state index contributed by atoms with van der Waals surface area (Å²) in [4.78, 5) is 26.5. The van der Waals surface area contributed by atoms with E-state index in [-0.39, 0.29) is 16.5 Å². The highest BCUT2D eigenvalue weighted by molar-refractivity contribution is 8.00. The van der Waals surface area contributed by atoms with Gasteiger partial charge < -0.3 is 14.8 Å². The summed E-state index contributed by atoms with van der Waals surface area (Å²) >= 11 is 1.74. The molecule has 0 aliphatic carbocycles. The average Bonchev–Trinajstić information content (AvgIpc) is 3.37. The van der Waals surface area contributed by atoms with Gasteiger partial charge in [-0.25, -0.2) is 4.39 Å². The van der Waals surface area contributed by atoms with Crippen LogP contribution < -0.4 is 4.74 Å².